The van der Waals surface area contributed by atoms with E-state index in [1.807, 2.05) is 24.3 Å². The molecule has 1 aromatic heterocycles. The smallest absolute Gasteiger partial charge is 0.428 e. The predicted octanol–water partition coefficient (Wildman–Crippen LogP) is 2.04. The highest BCUT2D eigenvalue weighted by molar-refractivity contribution is 6.00. The predicted molar refractivity (Wildman–Crippen MR) is 64.6 cm³/mol. The second-order valence-corrected chi connectivity index (χ2v) is 3.06. The minimum absolute atomic E-state index is 0. The van der Waals surface area contributed by atoms with Crippen LogP contribution in [0, 0.1) is 0 Å². The molecule has 5 nitrogen and oxygen atoms in total. The first-order valence-electron chi connectivity index (χ1n) is 4.43. The van der Waals surface area contributed by atoms with E-state index in [1.54, 1.807) is 6.20 Å². The minimum Gasteiger partial charge on any atom is -0.452 e. The maximum absolute atomic E-state index is 11.2. The Morgan fingerprint density at radius 1 is 1.44 bits per heavy atom. The number of aromatic nitrogens is 1. The summed E-state index contributed by atoms with van der Waals surface area (Å²) in [5.74, 6) is 5.60. The first kappa shape index (κ1) is 12.4. The van der Waals surface area contributed by atoms with E-state index in [4.69, 9.17) is 5.84 Å². The van der Waals surface area contributed by atoms with Gasteiger partial charge in [-0.15, -0.1) is 12.4 Å². The third-order valence-corrected chi connectivity index (χ3v) is 2.20. The number of anilines is 1. The molecule has 0 atom stereocenters. The highest BCUT2D eigenvalue weighted by atomic mass is 35.5. The molecular formula is C10H12ClN3O2. The molecule has 0 radical (unpaired) electrons. The fraction of sp³-hybridized carbons (Fsp3) is 0.100. The number of carbonyl (C=O) groups excluding carboxylic acids is 1. The molecule has 0 fully saturated rings. The molecular weight excluding hydrogens is 230 g/mol. The van der Waals surface area contributed by atoms with Crippen molar-refractivity contribution in [1.82, 2.24) is 4.98 Å². The van der Waals surface area contributed by atoms with Gasteiger partial charge in [-0.25, -0.2) is 15.6 Å². The lowest BCUT2D eigenvalue weighted by molar-refractivity contribution is 0.179. The van der Waals surface area contributed by atoms with Gasteiger partial charge in [-0.2, -0.15) is 0 Å². The molecule has 1 heterocycles. The van der Waals surface area contributed by atoms with E-state index in [1.165, 1.54) is 7.11 Å². The van der Waals surface area contributed by atoms with Crippen molar-refractivity contribution in [3.8, 4) is 0 Å². The molecule has 0 unspecified atom stereocenters. The van der Waals surface area contributed by atoms with Crippen LogP contribution in [0.4, 0.5) is 10.5 Å². The summed E-state index contributed by atoms with van der Waals surface area (Å²) < 4.78 is 4.53. The summed E-state index contributed by atoms with van der Waals surface area (Å²) in [6.45, 7) is 0. The van der Waals surface area contributed by atoms with Gasteiger partial charge in [0.15, 0.2) is 0 Å². The molecule has 0 aliphatic carbocycles. The zero-order chi connectivity index (χ0) is 10.8. The molecule has 0 bridgehead atoms. The van der Waals surface area contributed by atoms with Crippen molar-refractivity contribution in [2.24, 2.45) is 5.84 Å². The molecule has 86 valence electrons. The van der Waals surface area contributed by atoms with Gasteiger partial charge in [-0.05, 0) is 6.07 Å². The van der Waals surface area contributed by atoms with Crippen LogP contribution >= 0.6 is 12.4 Å². The summed E-state index contributed by atoms with van der Waals surface area (Å²) in [5.41, 5.74) is 1.52. The molecule has 0 saturated carbocycles. The first-order chi connectivity index (χ1) is 7.24. The Hall–Kier alpha value is -1.72. The van der Waals surface area contributed by atoms with Crippen LogP contribution in [0.3, 0.4) is 0 Å². The molecule has 16 heavy (non-hydrogen) atoms. The number of benzene rings is 1. The van der Waals surface area contributed by atoms with Crippen molar-refractivity contribution in [2.45, 2.75) is 0 Å². The molecule has 0 saturated heterocycles. The van der Waals surface area contributed by atoms with Crippen LogP contribution in [-0.2, 0) is 4.74 Å². The number of aromatic amines is 1. The normalized spacial score (nSPS) is 9.62. The van der Waals surface area contributed by atoms with Crippen LogP contribution in [-0.4, -0.2) is 18.2 Å². The van der Waals surface area contributed by atoms with Crippen molar-refractivity contribution in [1.29, 1.82) is 0 Å². The van der Waals surface area contributed by atoms with Crippen LogP contribution < -0.4 is 10.9 Å². The van der Waals surface area contributed by atoms with E-state index in [-0.39, 0.29) is 12.4 Å². The number of nitrogens with zero attached hydrogens (tertiary/aromatic N) is 1. The first-order valence-corrected chi connectivity index (χ1v) is 4.43. The molecule has 0 aliphatic heterocycles. The van der Waals surface area contributed by atoms with E-state index in [0.717, 1.165) is 15.9 Å². The van der Waals surface area contributed by atoms with Crippen molar-refractivity contribution >= 4 is 35.1 Å². The lowest BCUT2D eigenvalue weighted by atomic mass is 10.2. The van der Waals surface area contributed by atoms with Gasteiger partial charge in [-0.3, -0.25) is 0 Å². The summed E-state index contributed by atoms with van der Waals surface area (Å²) in [7, 11) is 1.29. The standard InChI is InChI=1S/C10H11N3O2.ClH/c1-15-10(14)13(11)9-6-12-8-5-3-2-4-7(8)9;/h2-6,12H,11H2,1H3;1H. The second-order valence-electron chi connectivity index (χ2n) is 3.06. The fourth-order valence-corrected chi connectivity index (χ4v) is 1.45. The summed E-state index contributed by atoms with van der Waals surface area (Å²) in [6, 6.07) is 7.57. The number of H-pyrrole nitrogens is 1. The largest absolute Gasteiger partial charge is 0.452 e. The highest BCUT2D eigenvalue weighted by Crippen LogP contribution is 2.24. The Bertz CT molecular complexity index is 498. The number of methoxy groups -OCH3 is 1. The van der Waals surface area contributed by atoms with Crippen LogP contribution in [0.1, 0.15) is 0 Å². The third kappa shape index (κ3) is 1.95. The summed E-state index contributed by atoms with van der Waals surface area (Å²) in [4.78, 5) is 14.2. The van der Waals surface area contributed by atoms with Crippen LogP contribution in [0.5, 0.6) is 0 Å². The van der Waals surface area contributed by atoms with Crippen molar-refractivity contribution < 1.29 is 9.53 Å². The van der Waals surface area contributed by atoms with E-state index in [9.17, 15) is 4.79 Å². The number of nitrogens with two attached hydrogens (primary N) is 1. The van der Waals surface area contributed by atoms with Gasteiger partial charge in [0.2, 0.25) is 0 Å². The summed E-state index contributed by atoms with van der Waals surface area (Å²) >= 11 is 0. The Morgan fingerprint density at radius 2 is 2.12 bits per heavy atom. The number of ether oxygens (including phenoxy) is 1. The van der Waals surface area contributed by atoms with Gasteiger partial charge in [0.05, 0.1) is 12.8 Å². The van der Waals surface area contributed by atoms with Gasteiger partial charge < -0.3 is 9.72 Å². The molecule has 6 heteroatoms. The lowest BCUT2D eigenvalue weighted by Gasteiger charge is -2.13. The van der Waals surface area contributed by atoms with Crippen LogP contribution in [0.2, 0.25) is 0 Å². The zero-order valence-electron chi connectivity index (χ0n) is 8.64. The molecule has 2 aromatic rings. The number of para-hydroxylation sites is 1. The van der Waals surface area contributed by atoms with E-state index in [0.29, 0.717) is 5.69 Å². The van der Waals surface area contributed by atoms with Crippen molar-refractivity contribution in [3.05, 3.63) is 30.5 Å². The average molecular weight is 242 g/mol. The molecule has 1 aromatic carbocycles. The molecule has 3 N–H and O–H groups in total. The number of amides is 1. The zero-order valence-corrected chi connectivity index (χ0v) is 9.45. The van der Waals surface area contributed by atoms with Gasteiger partial charge >= 0.3 is 6.09 Å². The minimum atomic E-state index is -0.597. The topological polar surface area (TPSA) is 71.3 Å². The lowest BCUT2D eigenvalue weighted by Crippen LogP contribution is -2.37. The Labute approximate surface area is 98.6 Å². The SMILES string of the molecule is COC(=O)N(N)c1c[nH]c2ccccc12.Cl. The Morgan fingerprint density at radius 3 is 2.81 bits per heavy atom. The number of nitrogens with one attached hydrogen (secondary N) is 1. The van der Waals surface area contributed by atoms with Gasteiger partial charge in [0.1, 0.15) is 0 Å². The number of hydrazine groups is 1. The number of rotatable bonds is 1. The van der Waals surface area contributed by atoms with Crippen molar-refractivity contribution in [3.63, 3.8) is 0 Å². The third-order valence-electron chi connectivity index (χ3n) is 2.20. The van der Waals surface area contributed by atoms with Crippen molar-refractivity contribution in [2.75, 3.05) is 12.1 Å². The number of hydrogen-bond acceptors (Lipinski definition) is 3. The molecule has 2 rings (SSSR count). The second kappa shape index (κ2) is 4.87. The maximum atomic E-state index is 11.2. The summed E-state index contributed by atoms with van der Waals surface area (Å²) in [6.07, 6.45) is 1.07. The van der Waals surface area contributed by atoms with E-state index in [2.05, 4.69) is 9.72 Å². The quantitative estimate of drug-likeness (QED) is 0.456. The van der Waals surface area contributed by atoms with E-state index >= 15 is 0 Å². The average Bonchev–Trinajstić information content (AvgIpc) is 2.70. The molecule has 0 aliphatic rings. The highest BCUT2D eigenvalue weighted by Gasteiger charge is 2.15. The monoisotopic (exact) mass is 241 g/mol. The van der Waals surface area contributed by atoms with Crippen LogP contribution in [0.25, 0.3) is 10.9 Å². The number of fused-ring (bicyclic) bond motifs is 1. The van der Waals surface area contributed by atoms with Gasteiger partial charge in [-0.1, -0.05) is 18.2 Å². The maximum Gasteiger partial charge on any atom is 0.428 e. The fourth-order valence-electron chi connectivity index (χ4n) is 1.45. The van der Waals surface area contributed by atoms with Crippen LogP contribution in [0.15, 0.2) is 30.5 Å². The Kier molecular flexibility index (Phi) is 3.76. The molecule has 0 spiro atoms. The van der Waals surface area contributed by atoms with Gasteiger partial charge in [0.25, 0.3) is 0 Å². The molecule has 1 amide bonds. The summed E-state index contributed by atoms with van der Waals surface area (Å²) in [5, 5.41) is 1.85. The number of hydrogen-bond donors (Lipinski definition) is 2. The number of carbonyl (C=O) groups is 1. The van der Waals surface area contributed by atoms with E-state index < -0.39 is 6.09 Å². The van der Waals surface area contributed by atoms with Gasteiger partial charge in [0, 0.05) is 17.1 Å². The Balaban J connectivity index is 0.00000128. The number of halogens is 1.